The molecule has 1 aliphatic heterocycles. The van der Waals surface area contributed by atoms with E-state index in [2.05, 4.69) is 56.5 Å². The third-order valence-corrected chi connectivity index (χ3v) is 6.61. The van der Waals surface area contributed by atoms with Crippen molar-refractivity contribution in [1.29, 1.82) is 0 Å². The number of aromatic amines is 2. The molecule has 1 aliphatic rings. The van der Waals surface area contributed by atoms with Gasteiger partial charge < -0.3 is 9.72 Å². The lowest BCUT2D eigenvalue weighted by molar-refractivity contribution is -0.117. The summed E-state index contributed by atoms with van der Waals surface area (Å²) in [6.45, 7) is 4.39. The Kier molecular flexibility index (Phi) is 5.86. The highest BCUT2D eigenvalue weighted by atomic mass is 16.5. The molecule has 35 heavy (non-hydrogen) atoms. The van der Waals surface area contributed by atoms with Crippen LogP contribution in [0.25, 0.3) is 33.3 Å². The van der Waals surface area contributed by atoms with Gasteiger partial charge in [0.1, 0.15) is 11.5 Å². The molecule has 2 N–H and O–H groups in total. The Morgan fingerprint density at radius 1 is 0.943 bits per heavy atom. The van der Waals surface area contributed by atoms with E-state index in [1.807, 2.05) is 24.3 Å². The molecule has 0 aliphatic carbocycles. The van der Waals surface area contributed by atoms with Crippen molar-refractivity contribution in [3.05, 3.63) is 83.6 Å². The highest BCUT2D eigenvalue weighted by molar-refractivity contribution is 5.88. The Bertz CT molecular complexity index is 1500. The molecule has 3 aromatic carbocycles. The lowest BCUT2D eigenvalue weighted by Crippen LogP contribution is -2.35. The first-order valence-corrected chi connectivity index (χ1v) is 12.0. The summed E-state index contributed by atoms with van der Waals surface area (Å²) in [5, 5.41) is 9.58. The first kappa shape index (κ1) is 21.7. The minimum absolute atomic E-state index is 0.145. The number of morpholine rings is 1. The molecule has 0 amide bonds. The molecule has 0 spiro atoms. The molecular weight excluding hydrogens is 438 g/mol. The fourth-order valence-corrected chi connectivity index (χ4v) is 4.79. The van der Waals surface area contributed by atoms with E-state index >= 15 is 0 Å². The van der Waals surface area contributed by atoms with Crippen molar-refractivity contribution < 1.29 is 9.53 Å². The van der Waals surface area contributed by atoms with Crippen LogP contribution in [0, 0.1) is 0 Å². The third kappa shape index (κ3) is 4.73. The van der Waals surface area contributed by atoms with E-state index in [1.54, 1.807) is 6.20 Å². The number of Topliss-reactive ketones (excluding diaryl/α,β-unsaturated/α-hetero) is 1. The maximum atomic E-state index is 12.9. The molecule has 7 heteroatoms. The van der Waals surface area contributed by atoms with Gasteiger partial charge in [0.15, 0.2) is 5.82 Å². The second-order valence-electron chi connectivity index (χ2n) is 9.17. The van der Waals surface area contributed by atoms with E-state index in [0.29, 0.717) is 18.7 Å². The van der Waals surface area contributed by atoms with Crippen LogP contribution >= 0.6 is 0 Å². The van der Waals surface area contributed by atoms with Crippen molar-refractivity contribution in [2.75, 3.05) is 26.3 Å². The second-order valence-corrected chi connectivity index (χ2v) is 9.17. The molecule has 5 aromatic rings. The van der Waals surface area contributed by atoms with E-state index in [1.165, 1.54) is 10.9 Å². The van der Waals surface area contributed by atoms with Gasteiger partial charge in [0.05, 0.1) is 30.4 Å². The van der Waals surface area contributed by atoms with Gasteiger partial charge in [-0.3, -0.25) is 14.8 Å². The van der Waals surface area contributed by atoms with Crippen molar-refractivity contribution in [2.45, 2.75) is 19.4 Å². The van der Waals surface area contributed by atoms with Crippen molar-refractivity contribution in [3.8, 4) is 11.5 Å². The van der Waals surface area contributed by atoms with Gasteiger partial charge in [0.2, 0.25) is 0 Å². The Labute approximate surface area is 203 Å². The number of fused-ring (bicyclic) bond motifs is 2. The second kappa shape index (κ2) is 9.44. The van der Waals surface area contributed by atoms with Gasteiger partial charge >= 0.3 is 0 Å². The zero-order valence-corrected chi connectivity index (χ0v) is 19.5. The fraction of sp³-hybridized carbons (Fsp3) is 0.250. The van der Waals surface area contributed by atoms with Crippen LogP contribution in [-0.2, 0) is 28.9 Å². The molecule has 0 saturated carbocycles. The molecular formula is C28H27N5O2. The third-order valence-electron chi connectivity index (χ3n) is 6.61. The molecule has 0 atom stereocenters. The number of ketones is 1. The summed E-state index contributed by atoms with van der Waals surface area (Å²) in [6.07, 6.45) is 2.42. The fourth-order valence-electron chi connectivity index (χ4n) is 4.79. The van der Waals surface area contributed by atoms with Crippen LogP contribution in [0.5, 0.6) is 0 Å². The van der Waals surface area contributed by atoms with Crippen LogP contribution in [0.4, 0.5) is 0 Å². The Balaban J connectivity index is 1.18. The lowest BCUT2D eigenvalue weighted by Gasteiger charge is -2.26. The highest BCUT2D eigenvalue weighted by Crippen LogP contribution is 2.24. The number of hydrogen-bond donors (Lipinski definition) is 2. The van der Waals surface area contributed by atoms with Crippen molar-refractivity contribution in [2.24, 2.45) is 0 Å². The van der Waals surface area contributed by atoms with Crippen LogP contribution in [0.2, 0.25) is 0 Å². The number of ether oxygens (including phenoxy) is 1. The van der Waals surface area contributed by atoms with E-state index in [0.717, 1.165) is 66.1 Å². The molecule has 1 saturated heterocycles. The number of carbonyl (C=O) groups is 1. The first-order chi connectivity index (χ1) is 17.2. The SMILES string of the molecule is O=C(Cc1ccc2ccccc2c1)Cc1cn[nH]c1-c1nc2ccc(CN3CCOCC3)cc2[nH]1. The van der Waals surface area contributed by atoms with Crippen molar-refractivity contribution in [3.63, 3.8) is 0 Å². The smallest absolute Gasteiger partial charge is 0.156 e. The Morgan fingerprint density at radius 3 is 2.66 bits per heavy atom. The van der Waals surface area contributed by atoms with Gasteiger partial charge in [0, 0.05) is 38.0 Å². The molecule has 3 heterocycles. The van der Waals surface area contributed by atoms with Crippen molar-refractivity contribution in [1.82, 2.24) is 25.1 Å². The number of carbonyl (C=O) groups excluding carboxylic acids is 1. The number of aromatic nitrogens is 4. The molecule has 0 unspecified atom stereocenters. The monoisotopic (exact) mass is 465 g/mol. The Hall–Kier alpha value is -3.81. The molecule has 0 radical (unpaired) electrons. The molecule has 7 nitrogen and oxygen atoms in total. The predicted molar refractivity (Wildman–Crippen MR) is 136 cm³/mol. The number of hydrogen-bond acceptors (Lipinski definition) is 5. The summed E-state index contributed by atoms with van der Waals surface area (Å²) in [4.78, 5) is 23.5. The van der Waals surface area contributed by atoms with E-state index in [9.17, 15) is 4.79 Å². The summed E-state index contributed by atoms with van der Waals surface area (Å²) in [7, 11) is 0. The highest BCUT2D eigenvalue weighted by Gasteiger charge is 2.17. The zero-order valence-electron chi connectivity index (χ0n) is 19.5. The quantitative estimate of drug-likeness (QED) is 0.374. The average Bonchev–Trinajstić information content (AvgIpc) is 3.51. The normalized spacial score (nSPS) is 14.6. The van der Waals surface area contributed by atoms with Gasteiger partial charge in [-0.2, -0.15) is 5.10 Å². The molecule has 176 valence electrons. The van der Waals surface area contributed by atoms with Gasteiger partial charge in [-0.15, -0.1) is 0 Å². The number of nitrogens with one attached hydrogen (secondary N) is 2. The number of imidazole rings is 1. The van der Waals surface area contributed by atoms with Crippen molar-refractivity contribution >= 4 is 27.6 Å². The van der Waals surface area contributed by atoms with Gasteiger partial charge in [0.25, 0.3) is 0 Å². The maximum absolute atomic E-state index is 12.9. The van der Waals surface area contributed by atoms with Crippen LogP contribution in [0.1, 0.15) is 16.7 Å². The summed E-state index contributed by atoms with van der Waals surface area (Å²) in [5.41, 5.74) is 5.76. The predicted octanol–water partition coefficient (Wildman–Crippen LogP) is 4.29. The summed E-state index contributed by atoms with van der Waals surface area (Å²) >= 11 is 0. The number of H-pyrrole nitrogens is 2. The first-order valence-electron chi connectivity index (χ1n) is 12.0. The molecule has 0 bridgehead atoms. The maximum Gasteiger partial charge on any atom is 0.156 e. The molecule has 6 rings (SSSR count). The van der Waals surface area contributed by atoms with Gasteiger partial charge in [-0.25, -0.2) is 4.98 Å². The van der Waals surface area contributed by atoms with Gasteiger partial charge in [-0.1, -0.05) is 48.5 Å². The minimum Gasteiger partial charge on any atom is -0.379 e. The Morgan fingerprint density at radius 2 is 1.77 bits per heavy atom. The number of nitrogens with zero attached hydrogens (tertiary/aromatic N) is 3. The summed E-state index contributed by atoms with van der Waals surface area (Å²) in [6, 6.07) is 20.7. The standard InChI is InChI=1S/C28H27N5O2/c34-24(14-19-5-7-21-3-1-2-4-22(21)13-19)16-23-17-29-32-27(23)28-30-25-8-6-20(15-26(25)31-28)18-33-9-11-35-12-10-33/h1-8,13,15,17H,9-12,14,16,18H2,(H,29,32)(H,30,31). The van der Waals surface area contributed by atoms with E-state index in [-0.39, 0.29) is 5.78 Å². The van der Waals surface area contributed by atoms with E-state index in [4.69, 9.17) is 9.72 Å². The van der Waals surface area contributed by atoms with Crippen LogP contribution in [0.15, 0.2) is 66.9 Å². The zero-order chi connectivity index (χ0) is 23.6. The van der Waals surface area contributed by atoms with E-state index < -0.39 is 0 Å². The largest absolute Gasteiger partial charge is 0.379 e. The van der Waals surface area contributed by atoms with Gasteiger partial charge in [-0.05, 0) is 34.0 Å². The number of rotatable bonds is 7. The summed E-state index contributed by atoms with van der Waals surface area (Å²) < 4.78 is 5.45. The number of benzene rings is 3. The average molecular weight is 466 g/mol. The van der Waals surface area contributed by atoms with Crippen LogP contribution < -0.4 is 0 Å². The molecule has 2 aromatic heterocycles. The topological polar surface area (TPSA) is 86.9 Å². The minimum atomic E-state index is 0.145. The molecule has 1 fully saturated rings. The summed E-state index contributed by atoms with van der Waals surface area (Å²) in [5.74, 6) is 0.848. The van der Waals surface area contributed by atoms with Crippen LogP contribution in [0.3, 0.4) is 0 Å². The lowest BCUT2D eigenvalue weighted by atomic mass is 10.0. The van der Waals surface area contributed by atoms with Crippen LogP contribution in [-0.4, -0.2) is 57.2 Å².